The molecule has 0 spiro atoms. The van der Waals surface area contributed by atoms with Crippen LogP contribution in [0.3, 0.4) is 0 Å². The van der Waals surface area contributed by atoms with Gasteiger partial charge in [0.25, 0.3) is 5.91 Å². The summed E-state index contributed by atoms with van der Waals surface area (Å²) in [6.45, 7) is 13.4. The molecule has 0 aromatic carbocycles. The van der Waals surface area contributed by atoms with Gasteiger partial charge in [-0.15, -0.1) is 0 Å². The molecule has 2 fully saturated rings. The third-order valence-corrected chi connectivity index (χ3v) is 5.75. The Morgan fingerprint density at radius 3 is 2.42 bits per heavy atom. The molecular weight excluding hydrogens is 332 g/mol. The highest BCUT2D eigenvalue weighted by Gasteiger charge is 2.35. The molecule has 7 nitrogen and oxygen atoms in total. The Labute approximate surface area is 156 Å². The number of hydrogen-bond donors (Lipinski definition) is 1. The van der Waals surface area contributed by atoms with E-state index >= 15 is 0 Å². The highest BCUT2D eigenvalue weighted by Crippen LogP contribution is 2.31. The van der Waals surface area contributed by atoms with Gasteiger partial charge in [0, 0.05) is 57.0 Å². The molecule has 7 heteroatoms. The molecule has 3 rings (SSSR count). The van der Waals surface area contributed by atoms with Crippen LogP contribution in [-0.2, 0) is 16.0 Å². The summed E-state index contributed by atoms with van der Waals surface area (Å²) in [5.41, 5.74) is 2.54. The summed E-state index contributed by atoms with van der Waals surface area (Å²) in [6, 6.07) is 0. The van der Waals surface area contributed by atoms with E-state index in [1.54, 1.807) is 0 Å². The van der Waals surface area contributed by atoms with Crippen molar-refractivity contribution in [2.45, 2.75) is 40.2 Å². The van der Waals surface area contributed by atoms with E-state index in [2.05, 4.69) is 15.3 Å². The fourth-order valence-electron chi connectivity index (χ4n) is 4.12. The van der Waals surface area contributed by atoms with Gasteiger partial charge in [-0.1, -0.05) is 0 Å². The normalized spacial score (nSPS) is 20.9. The van der Waals surface area contributed by atoms with Crippen molar-refractivity contribution in [2.75, 3.05) is 52.6 Å². The number of rotatable bonds is 6. The van der Waals surface area contributed by atoms with Crippen LogP contribution in [0.5, 0.6) is 0 Å². The van der Waals surface area contributed by atoms with Crippen LogP contribution in [0.2, 0.25) is 0 Å². The van der Waals surface area contributed by atoms with Gasteiger partial charge in [0.05, 0.1) is 24.5 Å². The van der Waals surface area contributed by atoms with Gasteiger partial charge < -0.3 is 14.8 Å². The number of nitrogens with zero attached hydrogens (tertiary/aromatic N) is 3. The smallest absolute Gasteiger partial charge is 0.255 e. The minimum Gasteiger partial charge on any atom is -0.381 e. The van der Waals surface area contributed by atoms with Crippen LogP contribution in [0.25, 0.3) is 0 Å². The van der Waals surface area contributed by atoms with Gasteiger partial charge in [0.2, 0.25) is 0 Å². The molecule has 0 unspecified atom stereocenters. The molecule has 0 atom stereocenters. The molecule has 1 amide bonds. The summed E-state index contributed by atoms with van der Waals surface area (Å²) in [6.07, 6.45) is 1.97. The number of carbonyl (C=O) groups is 1. The Morgan fingerprint density at radius 1 is 1.15 bits per heavy atom. The van der Waals surface area contributed by atoms with Crippen LogP contribution in [0.1, 0.15) is 41.5 Å². The van der Waals surface area contributed by atoms with Gasteiger partial charge >= 0.3 is 0 Å². The Balaban J connectivity index is 1.67. The van der Waals surface area contributed by atoms with Crippen LogP contribution in [0.15, 0.2) is 0 Å². The molecule has 2 aliphatic heterocycles. The molecule has 1 aromatic heterocycles. The Morgan fingerprint density at radius 2 is 1.81 bits per heavy atom. The van der Waals surface area contributed by atoms with E-state index < -0.39 is 0 Å². The number of ether oxygens (including phenoxy) is 2. The third kappa shape index (κ3) is 4.27. The predicted octanol–water partition coefficient (Wildman–Crippen LogP) is 1.38. The molecule has 0 aliphatic carbocycles. The maximum Gasteiger partial charge on any atom is 0.255 e. The zero-order valence-electron chi connectivity index (χ0n) is 16.3. The van der Waals surface area contributed by atoms with Crippen molar-refractivity contribution in [3.05, 3.63) is 17.0 Å². The topological polar surface area (TPSA) is 68.6 Å². The van der Waals surface area contributed by atoms with Crippen LogP contribution in [0, 0.1) is 19.3 Å². The van der Waals surface area contributed by atoms with E-state index in [0.29, 0.717) is 6.54 Å². The second kappa shape index (κ2) is 8.50. The predicted molar refractivity (Wildman–Crippen MR) is 99.5 cm³/mol. The molecule has 26 heavy (non-hydrogen) atoms. The van der Waals surface area contributed by atoms with Gasteiger partial charge in [-0.3, -0.25) is 14.4 Å². The summed E-state index contributed by atoms with van der Waals surface area (Å²) in [4.78, 5) is 15.3. The lowest BCUT2D eigenvalue weighted by Crippen LogP contribution is -2.50. The van der Waals surface area contributed by atoms with E-state index in [4.69, 9.17) is 9.47 Å². The Bertz CT molecular complexity index is 617. The lowest BCUT2D eigenvalue weighted by atomic mass is 9.79. The van der Waals surface area contributed by atoms with E-state index in [-0.39, 0.29) is 11.3 Å². The average molecular weight is 364 g/mol. The zero-order chi connectivity index (χ0) is 18.6. The summed E-state index contributed by atoms with van der Waals surface area (Å²) in [5, 5.41) is 7.68. The SMILES string of the molecule is CCn1nc(C)c(C(=O)NCC2(CN3CCOCC3)CCOCC2)c1C. The number of aryl methyl sites for hydroxylation is 2. The molecule has 2 saturated heterocycles. The maximum absolute atomic E-state index is 12.9. The van der Waals surface area contributed by atoms with Crippen LogP contribution in [0.4, 0.5) is 0 Å². The van der Waals surface area contributed by atoms with Crippen molar-refractivity contribution in [1.29, 1.82) is 0 Å². The van der Waals surface area contributed by atoms with Crippen molar-refractivity contribution >= 4 is 5.91 Å². The van der Waals surface area contributed by atoms with Gasteiger partial charge in [-0.05, 0) is 33.6 Å². The van der Waals surface area contributed by atoms with Crippen LogP contribution < -0.4 is 5.32 Å². The first-order valence-electron chi connectivity index (χ1n) is 9.75. The highest BCUT2D eigenvalue weighted by atomic mass is 16.5. The van der Waals surface area contributed by atoms with E-state index in [0.717, 1.165) is 82.4 Å². The van der Waals surface area contributed by atoms with Crippen LogP contribution in [-0.4, -0.2) is 73.2 Å². The Kier molecular flexibility index (Phi) is 6.32. The number of morpholine rings is 1. The molecular formula is C19H32N4O3. The summed E-state index contributed by atoms with van der Waals surface area (Å²) in [7, 11) is 0. The molecule has 2 aliphatic rings. The first-order valence-corrected chi connectivity index (χ1v) is 9.75. The average Bonchev–Trinajstić information content (AvgIpc) is 2.95. The van der Waals surface area contributed by atoms with Crippen molar-refractivity contribution in [3.63, 3.8) is 0 Å². The fourth-order valence-corrected chi connectivity index (χ4v) is 4.12. The third-order valence-electron chi connectivity index (χ3n) is 5.75. The molecule has 0 saturated carbocycles. The van der Waals surface area contributed by atoms with Crippen molar-refractivity contribution in [3.8, 4) is 0 Å². The monoisotopic (exact) mass is 364 g/mol. The first kappa shape index (κ1) is 19.3. The van der Waals surface area contributed by atoms with Crippen molar-refractivity contribution in [1.82, 2.24) is 20.0 Å². The molecule has 1 N–H and O–H groups in total. The largest absolute Gasteiger partial charge is 0.381 e. The lowest BCUT2D eigenvalue weighted by molar-refractivity contribution is -0.0283. The summed E-state index contributed by atoms with van der Waals surface area (Å²) >= 11 is 0. The van der Waals surface area contributed by atoms with Gasteiger partial charge in [0.1, 0.15) is 0 Å². The van der Waals surface area contributed by atoms with Gasteiger partial charge in [0.15, 0.2) is 0 Å². The van der Waals surface area contributed by atoms with E-state index in [1.807, 2.05) is 25.5 Å². The second-order valence-corrected chi connectivity index (χ2v) is 7.55. The maximum atomic E-state index is 12.9. The molecule has 0 radical (unpaired) electrons. The summed E-state index contributed by atoms with van der Waals surface area (Å²) in [5.74, 6) is -0.00690. The van der Waals surface area contributed by atoms with Crippen molar-refractivity contribution in [2.24, 2.45) is 5.41 Å². The van der Waals surface area contributed by atoms with Crippen molar-refractivity contribution < 1.29 is 14.3 Å². The minimum absolute atomic E-state index is 0.00690. The number of amides is 1. The second-order valence-electron chi connectivity index (χ2n) is 7.55. The highest BCUT2D eigenvalue weighted by molar-refractivity contribution is 5.96. The summed E-state index contributed by atoms with van der Waals surface area (Å²) < 4.78 is 13.0. The van der Waals surface area contributed by atoms with E-state index in [9.17, 15) is 4.79 Å². The zero-order valence-corrected chi connectivity index (χ0v) is 16.3. The fraction of sp³-hybridized carbons (Fsp3) is 0.789. The molecule has 0 bridgehead atoms. The quantitative estimate of drug-likeness (QED) is 0.826. The number of hydrogen-bond acceptors (Lipinski definition) is 5. The lowest BCUT2D eigenvalue weighted by Gasteiger charge is -2.42. The van der Waals surface area contributed by atoms with Gasteiger partial charge in [-0.2, -0.15) is 5.10 Å². The molecule has 3 heterocycles. The van der Waals surface area contributed by atoms with E-state index in [1.165, 1.54) is 0 Å². The number of nitrogens with one attached hydrogen (secondary N) is 1. The van der Waals surface area contributed by atoms with Crippen LogP contribution >= 0.6 is 0 Å². The minimum atomic E-state index is -0.00690. The Hall–Kier alpha value is -1.44. The molecule has 146 valence electrons. The standard InChI is InChI=1S/C19H32N4O3/c1-4-23-16(3)17(15(2)21-23)18(24)20-13-19(5-9-25-10-6-19)14-22-7-11-26-12-8-22/h4-14H2,1-3H3,(H,20,24). The number of aromatic nitrogens is 2. The number of carbonyl (C=O) groups excluding carboxylic acids is 1. The van der Waals surface area contributed by atoms with Gasteiger partial charge in [-0.25, -0.2) is 0 Å². The molecule has 1 aromatic rings. The first-order chi connectivity index (χ1) is 12.5.